The quantitative estimate of drug-likeness (QED) is 0.480. The maximum absolute atomic E-state index is 4.73. The highest BCUT2D eigenvalue weighted by Crippen LogP contribution is 2.31. The van der Waals surface area contributed by atoms with Gasteiger partial charge in [0.15, 0.2) is 5.13 Å². The highest BCUT2D eigenvalue weighted by Gasteiger charge is 2.11. The molecule has 1 aromatic carbocycles. The van der Waals surface area contributed by atoms with Crippen molar-refractivity contribution in [2.75, 3.05) is 18.4 Å². The zero-order chi connectivity index (χ0) is 19.5. The molecule has 1 aliphatic heterocycles. The van der Waals surface area contributed by atoms with Gasteiger partial charge in [0.2, 0.25) is 0 Å². The van der Waals surface area contributed by atoms with E-state index in [1.54, 1.807) is 11.3 Å². The number of likely N-dealkylation sites (tertiary alicyclic amines) is 1. The number of hydrogen-bond acceptors (Lipinski definition) is 6. The number of thiazole rings is 1. The van der Waals surface area contributed by atoms with E-state index in [4.69, 9.17) is 4.98 Å². The van der Waals surface area contributed by atoms with Gasteiger partial charge in [0, 0.05) is 25.1 Å². The van der Waals surface area contributed by atoms with Crippen molar-refractivity contribution in [3.63, 3.8) is 0 Å². The first kappa shape index (κ1) is 18.2. The van der Waals surface area contributed by atoms with Crippen LogP contribution in [0.5, 0.6) is 0 Å². The molecule has 1 aliphatic rings. The van der Waals surface area contributed by atoms with Gasteiger partial charge in [-0.25, -0.2) is 9.97 Å². The van der Waals surface area contributed by atoms with Gasteiger partial charge >= 0.3 is 0 Å². The average Bonchev–Trinajstić information content (AvgIpc) is 3.17. The third kappa shape index (κ3) is 4.28. The lowest BCUT2D eigenvalue weighted by Crippen LogP contribution is -2.29. The Morgan fingerprint density at radius 3 is 2.62 bits per heavy atom. The lowest BCUT2D eigenvalue weighted by atomic mass is 10.1. The summed E-state index contributed by atoms with van der Waals surface area (Å²) >= 11 is 1.65. The second-order valence-electron chi connectivity index (χ2n) is 7.45. The molecule has 4 aromatic rings. The van der Waals surface area contributed by atoms with E-state index in [1.165, 1.54) is 43.5 Å². The highest BCUT2D eigenvalue weighted by atomic mass is 32.1. The monoisotopic (exact) mass is 401 g/mol. The molecular weight excluding hydrogens is 378 g/mol. The van der Waals surface area contributed by atoms with Gasteiger partial charge in [0.1, 0.15) is 5.82 Å². The number of piperidine rings is 1. The van der Waals surface area contributed by atoms with Gasteiger partial charge < -0.3 is 5.32 Å². The molecule has 0 saturated carbocycles. The first-order chi connectivity index (χ1) is 14.3. The van der Waals surface area contributed by atoms with E-state index in [9.17, 15) is 0 Å². The number of rotatable bonds is 5. The molecule has 0 radical (unpaired) electrons. The summed E-state index contributed by atoms with van der Waals surface area (Å²) in [5.74, 6) is 0.855. The van der Waals surface area contributed by atoms with Gasteiger partial charge in [-0.2, -0.15) is 0 Å². The van der Waals surface area contributed by atoms with E-state index >= 15 is 0 Å². The molecule has 3 aromatic heterocycles. The lowest BCUT2D eigenvalue weighted by Gasteiger charge is -2.26. The molecule has 5 nitrogen and oxygen atoms in total. The average molecular weight is 402 g/mol. The van der Waals surface area contributed by atoms with Crippen molar-refractivity contribution >= 4 is 32.5 Å². The number of benzene rings is 1. The molecular formula is C23H23N5S. The second kappa shape index (κ2) is 8.27. The van der Waals surface area contributed by atoms with Crippen LogP contribution in [0.3, 0.4) is 0 Å². The van der Waals surface area contributed by atoms with E-state index in [2.05, 4.69) is 50.5 Å². The zero-order valence-electron chi connectivity index (χ0n) is 16.2. The molecule has 0 aliphatic carbocycles. The predicted octanol–water partition coefficient (Wildman–Crippen LogP) is 5.48. The zero-order valence-corrected chi connectivity index (χ0v) is 17.0. The Morgan fingerprint density at radius 1 is 0.897 bits per heavy atom. The van der Waals surface area contributed by atoms with Gasteiger partial charge in [-0.1, -0.05) is 23.8 Å². The Bertz CT molecular complexity index is 1100. The van der Waals surface area contributed by atoms with Crippen LogP contribution < -0.4 is 5.32 Å². The molecule has 0 bridgehead atoms. The third-order valence-corrected chi connectivity index (χ3v) is 6.25. The fourth-order valence-electron chi connectivity index (χ4n) is 3.83. The molecule has 4 heterocycles. The largest absolute Gasteiger partial charge is 0.316 e. The summed E-state index contributed by atoms with van der Waals surface area (Å²) in [6, 6.07) is 14.7. The van der Waals surface area contributed by atoms with Crippen molar-refractivity contribution in [3.05, 3.63) is 66.6 Å². The summed E-state index contributed by atoms with van der Waals surface area (Å²) < 4.78 is 1.16. The van der Waals surface area contributed by atoms with Crippen LogP contribution in [-0.2, 0) is 6.54 Å². The standard InChI is InChI=1S/C23H23N5S/c1-2-12-28(13-3-1)16-17-6-11-25-22(14-17)27-23-26-20-5-4-19(15-21(20)29-23)18-7-9-24-10-8-18/h4-11,14-15H,1-3,12-13,16H2,(H,25,26,27). The normalized spacial score (nSPS) is 14.9. The van der Waals surface area contributed by atoms with Crippen molar-refractivity contribution in [3.8, 4) is 11.1 Å². The van der Waals surface area contributed by atoms with Crippen molar-refractivity contribution in [1.29, 1.82) is 0 Å². The molecule has 0 spiro atoms. The Kier molecular flexibility index (Phi) is 5.19. The fraction of sp³-hybridized carbons (Fsp3) is 0.261. The van der Waals surface area contributed by atoms with Crippen LogP contribution >= 0.6 is 11.3 Å². The molecule has 1 fully saturated rings. The van der Waals surface area contributed by atoms with Gasteiger partial charge in [-0.15, -0.1) is 0 Å². The molecule has 1 saturated heterocycles. The van der Waals surface area contributed by atoms with Crippen LogP contribution in [0, 0.1) is 0 Å². The number of pyridine rings is 2. The van der Waals surface area contributed by atoms with E-state index in [-0.39, 0.29) is 0 Å². The van der Waals surface area contributed by atoms with Crippen molar-refractivity contribution in [2.45, 2.75) is 25.8 Å². The van der Waals surface area contributed by atoms with Gasteiger partial charge in [0.05, 0.1) is 10.2 Å². The molecule has 29 heavy (non-hydrogen) atoms. The van der Waals surface area contributed by atoms with Gasteiger partial charge in [-0.3, -0.25) is 9.88 Å². The molecule has 146 valence electrons. The third-order valence-electron chi connectivity index (χ3n) is 5.32. The van der Waals surface area contributed by atoms with E-state index < -0.39 is 0 Å². The summed E-state index contributed by atoms with van der Waals surface area (Å²) in [7, 11) is 0. The highest BCUT2D eigenvalue weighted by molar-refractivity contribution is 7.22. The Balaban J connectivity index is 1.34. The second-order valence-corrected chi connectivity index (χ2v) is 8.48. The van der Waals surface area contributed by atoms with Crippen LogP contribution in [0.2, 0.25) is 0 Å². The summed E-state index contributed by atoms with van der Waals surface area (Å²) in [4.78, 5) is 15.9. The van der Waals surface area contributed by atoms with Crippen LogP contribution in [0.4, 0.5) is 10.9 Å². The summed E-state index contributed by atoms with van der Waals surface area (Å²) in [5.41, 5.74) is 4.64. The van der Waals surface area contributed by atoms with Gasteiger partial charge in [-0.05, 0) is 79.0 Å². The smallest absolute Gasteiger partial charge is 0.189 e. The summed E-state index contributed by atoms with van der Waals surface area (Å²) in [5, 5.41) is 4.27. The molecule has 0 atom stereocenters. The Morgan fingerprint density at radius 2 is 1.76 bits per heavy atom. The maximum atomic E-state index is 4.73. The number of hydrogen-bond donors (Lipinski definition) is 1. The van der Waals surface area contributed by atoms with Crippen molar-refractivity contribution < 1.29 is 0 Å². The van der Waals surface area contributed by atoms with E-state index in [0.717, 1.165) is 33.3 Å². The van der Waals surface area contributed by atoms with Crippen LogP contribution in [-0.4, -0.2) is 32.9 Å². The van der Waals surface area contributed by atoms with Crippen molar-refractivity contribution in [1.82, 2.24) is 19.9 Å². The van der Waals surface area contributed by atoms with Crippen molar-refractivity contribution in [2.24, 2.45) is 0 Å². The SMILES string of the molecule is c1cc(-c2ccc3nc(Nc4cc(CN5CCCCC5)ccn4)sc3c2)ccn1. The first-order valence-electron chi connectivity index (χ1n) is 10.1. The minimum absolute atomic E-state index is 0.855. The molecule has 6 heteroatoms. The molecule has 0 amide bonds. The summed E-state index contributed by atoms with van der Waals surface area (Å²) in [6.45, 7) is 3.39. The number of anilines is 2. The minimum atomic E-state index is 0.855. The topological polar surface area (TPSA) is 53.9 Å². The molecule has 5 rings (SSSR count). The van der Waals surface area contributed by atoms with E-state index in [0.29, 0.717) is 0 Å². The van der Waals surface area contributed by atoms with Gasteiger partial charge in [0.25, 0.3) is 0 Å². The summed E-state index contributed by atoms with van der Waals surface area (Å²) in [6.07, 6.45) is 9.51. The van der Waals surface area contributed by atoms with Crippen LogP contribution in [0.15, 0.2) is 61.1 Å². The number of nitrogens with one attached hydrogen (secondary N) is 1. The Hall–Kier alpha value is -2.83. The Labute approximate surface area is 174 Å². The van der Waals surface area contributed by atoms with Crippen LogP contribution in [0.25, 0.3) is 21.3 Å². The number of nitrogens with zero attached hydrogens (tertiary/aromatic N) is 4. The van der Waals surface area contributed by atoms with Crippen LogP contribution in [0.1, 0.15) is 24.8 Å². The maximum Gasteiger partial charge on any atom is 0.189 e. The minimum Gasteiger partial charge on any atom is -0.316 e. The molecule has 0 unspecified atom stereocenters. The number of aromatic nitrogens is 3. The predicted molar refractivity (Wildman–Crippen MR) is 119 cm³/mol. The number of fused-ring (bicyclic) bond motifs is 1. The first-order valence-corrected chi connectivity index (χ1v) is 10.9. The molecule has 1 N–H and O–H groups in total. The lowest BCUT2D eigenvalue weighted by molar-refractivity contribution is 0.221. The fourth-order valence-corrected chi connectivity index (χ4v) is 4.74. The van der Waals surface area contributed by atoms with E-state index in [1.807, 2.05) is 30.7 Å².